The minimum absolute atomic E-state index is 0.0947. The van der Waals surface area contributed by atoms with Crippen LogP contribution in [0.3, 0.4) is 0 Å². The predicted molar refractivity (Wildman–Crippen MR) is 113 cm³/mol. The van der Waals surface area contributed by atoms with Gasteiger partial charge < -0.3 is 19.5 Å². The van der Waals surface area contributed by atoms with E-state index in [0.29, 0.717) is 17.9 Å². The first kappa shape index (κ1) is 21.8. The molecular weight excluding hydrogens is 382 g/mol. The first-order valence-corrected chi connectivity index (χ1v) is 10.5. The van der Waals surface area contributed by atoms with Crippen LogP contribution in [0, 0.1) is 0 Å². The summed E-state index contributed by atoms with van der Waals surface area (Å²) in [4.78, 5) is 24.5. The number of hydrogen-bond donors (Lipinski definition) is 1. The molecule has 6 heteroatoms. The highest BCUT2D eigenvalue weighted by atomic mass is 16.5. The molecule has 1 heterocycles. The monoisotopic (exact) mass is 411 g/mol. The van der Waals surface area contributed by atoms with Crippen molar-refractivity contribution in [3.63, 3.8) is 0 Å². The lowest BCUT2D eigenvalue weighted by Crippen LogP contribution is -2.32. The van der Waals surface area contributed by atoms with Gasteiger partial charge in [0.2, 0.25) is 0 Å². The van der Waals surface area contributed by atoms with Gasteiger partial charge in [-0.05, 0) is 49.1 Å². The van der Waals surface area contributed by atoms with Crippen LogP contribution in [0.2, 0.25) is 0 Å². The van der Waals surface area contributed by atoms with Crippen molar-refractivity contribution >= 4 is 11.9 Å². The van der Waals surface area contributed by atoms with E-state index >= 15 is 0 Å². The van der Waals surface area contributed by atoms with Gasteiger partial charge in [-0.25, -0.2) is 4.79 Å². The van der Waals surface area contributed by atoms with Crippen molar-refractivity contribution in [1.29, 1.82) is 0 Å². The van der Waals surface area contributed by atoms with Gasteiger partial charge in [0.05, 0.1) is 17.7 Å². The summed E-state index contributed by atoms with van der Waals surface area (Å²) in [5, 5.41) is 2.95. The summed E-state index contributed by atoms with van der Waals surface area (Å²) < 4.78 is 16.4. The molecule has 1 saturated heterocycles. The minimum atomic E-state index is -0.539. The fraction of sp³-hybridized carbons (Fsp3) is 0.417. The zero-order valence-electron chi connectivity index (χ0n) is 17.3. The summed E-state index contributed by atoms with van der Waals surface area (Å²) >= 11 is 0. The van der Waals surface area contributed by atoms with Crippen molar-refractivity contribution in [2.75, 3.05) is 19.8 Å². The maximum absolute atomic E-state index is 12.3. The quantitative estimate of drug-likeness (QED) is 0.597. The average molecular weight is 411 g/mol. The van der Waals surface area contributed by atoms with Crippen molar-refractivity contribution in [2.45, 2.75) is 44.8 Å². The van der Waals surface area contributed by atoms with Crippen LogP contribution in [-0.4, -0.2) is 37.8 Å². The van der Waals surface area contributed by atoms with E-state index in [9.17, 15) is 9.59 Å². The Morgan fingerprint density at radius 2 is 1.90 bits per heavy atom. The number of ether oxygens (including phenoxy) is 3. The maximum atomic E-state index is 12.3. The lowest BCUT2D eigenvalue weighted by molar-refractivity contribution is -0.125. The van der Waals surface area contributed by atoms with Crippen molar-refractivity contribution in [1.82, 2.24) is 5.32 Å². The smallest absolute Gasteiger partial charge is 0.338 e. The van der Waals surface area contributed by atoms with Crippen LogP contribution in [0.1, 0.15) is 54.6 Å². The van der Waals surface area contributed by atoms with Crippen LogP contribution in [0.5, 0.6) is 5.75 Å². The van der Waals surface area contributed by atoms with Gasteiger partial charge in [-0.1, -0.05) is 43.7 Å². The molecule has 1 aliphatic heterocycles. The van der Waals surface area contributed by atoms with Gasteiger partial charge in [-0.15, -0.1) is 0 Å². The van der Waals surface area contributed by atoms with E-state index in [4.69, 9.17) is 14.2 Å². The molecule has 3 rings (SSSR count). The second-order valence-corrected chi connectivity index (χ2v) is 7.37. The van der Waals surface area contributed by atoms with Crippen LogP contribution in [-0.2, 0) is 14.3 Å². The topological polar surface area (TPSA) is 73.9 Å². The minimum Gasteiger partial charge on any atom is -0.491 e. The summed E-state index contributed by atoms with van der Waals surface area (Å²) in [5.41, 5.74) is 1.41. The molecule has 0 radical (unpaired) electrons. The van der Waals surface area contributed by atoms with Gasteiger partial charge in [0.15, 0.2) is 6.61 Å². The van der Waals surface area contributed by atoms with E-state index in [0.717, 1.165) is 37.9 Å². The third-order valence-corrected chi connectivity index (χ3v) is 5.00. The summed E-state index contributed by atoms with van der Waals surface area (Å²) in [6, 6.07) is 16.4. The molecule has 0 unspecified atom stereocenters. The first-order chi connectivity index (χ1) is 14.7. The van der Waals surface area contributed by atoms with Gasteiger partial charge in [-0.3, -0.25) is 4.79 Å². The van der Waals surface area contributed by atoms with E-state index in [1.54, 1.807) is 24.3 Å². The SMILES string of the molecule is CCC[C@@H](NC(=O)COC(=O)c1ccc(OC[C@H]2CCCO2)cc1)c1ccccc1. The molecule has 1 N–H and O–H groups in total. The number of hydrogen-bond acceptors (Lipinski definition) is 5. The fourth-order valence-electron chi connectivity index (χ4n) is 3.40. The molecule has 1 aliphatic rings. The molecule has 0 aromatic heterocycles. The fourth-order valence-corrected chi connectivity index (χ4v) is 3.40. The van der Waals surface area contributed by atoms with E-state index in [1.165, 1.54) is 0 Å². The molecule has 1 fully saturated rings. The molecule has 160 valence electrons. The number of benzene rings is 2. The molecule has 6 nitrogen and oxygen atoms in total. The molecular formula is C24H29NO5. The number of esters is 1. The molecule has 0 spiro atoms. The summed E-state index contributed by atoms with van der Waals surface area (Å²) in [5.74, 6) is -0.185. The average Bonchev–Trinajstić information content (AvgIpc) is 3.30. The van der Waals surface area contributed by atoms with Gasteiger partial charge >= 0.3 is 5.97 Å². The van der Waals surface area contributed by atoms with Crippen molar-refractivity contribution in [2.24, 2.45) is 0 Å². The molecule has 0 aliphatic carbocycles. The number of carbonyl (C=O) groups is 2. The Balaban J connectivity index is 1.45. The Morgan fingerprint density at radius 1 is 1.13 bits per heavy atom. The Morgan fingerprint density at radius 3 is 2.57 bits per heavy atom. The second-order valence-electron chi connectivity index (χ2n) is 7.37. The van der Waals surface area contributed by atoms with Crippen LogP contribution in [0.25, 0.3) is 0 Å². The highest BCUT2D eigenvalue weighted by Crippen LogP contribution is 2.19. The van der Waals surface area contributed by atoms with Crippen LogP contribution in [0.4, 0.5) is 0 Å². The van der Waals surface area contributed by atoms with Crippen LogP contribution in [0.15, 0.2) is 54.6 Å². The molecule has 0 bridgehead atoms. The zero-order chi connectivity index (χ0) is 21.2. The zero-order valence-corrected chi connectivity index (χ0v) is 17.3. The van der Waals surface area contributed by atoms with Gasteiger partial charge in [0.1, 0.15) is 12.4 Å². The van der Waals surface area contributed by atoms with E-state index in [-0.39, 0.29) is 24.7 Å². The normalized spacial score (nSPS) is 16.6. The van der Waals surface area contributed by atoms with Crippen molar-refractivity contribution in [3.8, 4) is 5.75 Å². The third kappa shape index (κ3) is 6.59. The Hall–Kier alpha value is -2.86. The molecule has 2 atom stereocenters. The molecule has 30 heavy (non-hydrogen) atoms. The summed E-state index contributed by atoms with van der Waals surface area (Å²) in [6.07, 6.45) is 3.96. The van der Waals surface area contributed by atoms with Crippen molar-refractivity contribution in [3.05, 3.63) is 65.7 Å². The van der Waals surface area contributed by atoms with Crippen LogP contribution >= 0.6 is 0 Å². The molecule has 0 saturated carbocycles. The Labute approximate surface area is 177 Å². The second kappa shape index (κ2) is 11.4. The van der Waals surface area contributed by atoms with Crippen molar-refractivity contribution < 1.29 is 23.8 Å². The lowest BCUT2D eigenvalue weighted by atomic mass is 10.0. The molecule has 2 aromatic rings. The highest BCUT2D eigenvalue weighted by Gasteiger charge is 2.17. The largest absolute Gasteiger partial charge is 0.491 e. The van der Waals surface area contributed by atoms with Gasteiger partial charge in [0.25, 0.3) is 5.91 Å². The Bertz CT molecular complexity index is 800. The third-order valence-electron chi connectivity index (χ3n) is 5.00. The number of carbonyl (C=O) groups excluding carboxylic acids is 2. The molecule has 2 aromatic carbocycles. The van der Waals surface area contributed by atoms with E-state index < -0.39 is 5.97 Å². The highest BCUT2D eigenvalue weighted by molar-refractivity contribution is 5.91. The number of amides is 1. The van der Waals surface area contributed by atoms with E-state index in [1.807, 2.05) is 30.3 Å². The van der Waals surface area contributed by atoms with E-state index in [2.05, 4.69) is 12.2 Å². The number of nitrogens with one attached hydrogen (secondary N) is 1. The lowest BCUT2D eigenvalue weighted by Gasteiger charge is -2.18. The maximum Gasteiger partial charge on any atom is 0.338 e. The predicted octanol–water partition coefficient (Wildman–Crippen LogP) is 4.06. The molecule has 1 amide bonds. The Kier molecular flexibility index (Phi) is 8.27. The van der Waals surface area contributed by atoms with Gasteiger partial charge in [0, 0.05) is 6.61 Å². The number of rotatable bonds is 10. The summed E-state index contributed by atoms with van der Waals surface area (Å²) in [7, 11) is 0. The summed E-state index contributed by atoms with van der Waals surface area (Å²) in [6.45, 7) is 3.04. The van der Waals surface area contributed by atoms with Crippen LogP contribution < -0.4 is 10.1 Å². The van der Waals surface area contributed by atoms with Gasteiger partial charge in [-0.2, -0.15) is 0 Å². The standard InChI is InChI=1S/C24H29NO5/c1-2-7-22(18-8-4-3-5-9-18)25-23(26)17-30-24(27)19-11-13-20(14-12-19)29-16-21-10-6-15-28-21/h3-5,8-9,11-14,21-22H,2,6-7,10,15-17H2,1H3,(H,25,26)/t21-,22-/m1/s1. The first-order valence-electron chi connectivity index (χ1n) is 10.5.